The number of nitrogens with zero attached hydrogens (tertiary/aromatic N) is 6. The average molecular weight is 395 g/mol. The van der Waals surface area contributed by atoms with Crippen molar-refractivity contribution >= 4 is 17.4 Å². The van der Waals surface area contributed by atoms with Gasteiger partial charge in [0.2, 0.25) is 0 Å². The zero-order valence-corrected chi connectivity index (χ0v) is 16.0. The highest BCUT2D eigenvalue weighted by Gasteiger charge is 2.22. The van der Waals surface area contributed by atoms with E-state index >= 15 is 0 Å². The molecule has 1 aliphatic carbocycles. The Kier molecular flexibility index (Phi) is 5.07. The highest BCUT2D eigenvalue weighted by Crippen LogP contribution is 2.30. The highest BCUT2D eigenvalue weighted by molar-refractivity contribution is 6.03. The van der Waals surface area contributed by atoms with Gasteiger partial charge >= 0.3 is 0 Å². The SMILES string of the molecule is Cc1c(C(=O)Nc2ccnn2C2CCCCC2)nnn1-c1cccc([N+](=O)[O-])c1. The molecule has 10 nitrogen and oxygen atoms in total. The standard InChI is InChI=1S/C19H21N7O3/c1-13-18(22-23-24(13)15-8-5-9-16(12-15)26(28)29)19(27)21-17-10-11-20-25(17)14-6-3-2-4-7-14/h5,8-12,14H,2-4,6-7H2,1H3,(H,21,27). The van der Waals surface area contributed by atoms with E-state index in [1.165, 1.54) is 23.2 Å². The number of amides is 1. The van der Waals surface area contributed by atoms with Crippen LogP contribution >= 0.6 is 0 Å². The molecule has 4 rings (SSSR count). The van der Waals surface area contributed by atoms with Crippen molar-refractivity contribution in [1.82, 2.24) is 24.8 Å². The lowest BCUT2D eigenvalue weighted by Gasteiger charge is -2.23. The maximum absolute atomic E-state index is 12.8. The molecule has 2 heterocycles. The summed E-state index contributed by atoms with van der Waals surface area (Å²) in [5, 5.41) is 26.3. The Morgan fingerprint density at radius 2 is 2.03 bits per heavy atom. The van der Waals surface area contributed by atoms with Crippen LogP contribution in [0.3, 0.4) is 0 Å². The van der Waals surface area contributed by atoms with Gasteiger partial charge in [0, 0.05) is 18.2 Å². The molecule has 0 radical (unpaired) electrons. The van der Waals surface area contributed by atoms with Crippen molar-refractivity contribution in [2.45, 2.75) is 45.1 Å². The quantitative estimate of drug-likeness (QED) is 0.522. The maximum atomic E-state index is 12.8. The summed E-state index contributed by atoms with van der Waals surface area (Å²) < 4.78 is 3.29. The first-order valence-corrected chi connectivity index (χ1v) is 9.56. The van der Waals surface area contributed by atoms with Crippen LogP contribution in [0, 0.1) is 17.0 Å². The van der Waals surface area contributed by atoms with Gasteiger partial charge < -0.3 is 5.32 Å². The molecule has 1 aromatic carbocycles. The minimum atomic E-state index is -0.476. The average Bonchev–Trinajstić information content (AvgIpc) is 3.35. The lowest BCUT2D eigenvalue weighted by molar-refractivity contribution is -0.384. The molecule has 1 amide bonds. The fourth-order valence-corrected chi connectivity index (χ4v) is 3.73. The van der Waals surface area contributed by atoms with E-state index < -0.39 is 10.8 Å². The summed E-state index contributed by atoms with van der Waals surface area (Å²) in [5.41, 5.74) is 1.06. The Hall–Kier alpha value is -3.56. The molecule has 0 atom stereocenters. The summed E-state index contributed by atoms with van der Waals surface area (Å²) in [6.07, 6.45) is 7.33. The highest BCUT2D eigenvalue weighted by atomic mass is 16.6. The Morgan fingerprint density at radius 3 is 2.79 bits per heavy atom. The molecule has 2 aromatic heterocycles. The van der Waals surface area contributed by atoms with Crippen molar-refractivity contribution < 1.29 is 9.72 Å². The summed E-state index contributed by atoms with van der Waals surface area (Å²) >= 11 is 0. The van der Waals surface area contributed by atoms with Crippen molar-refractivity contribution in [1.29, 1.82) is 0 Å². The van der Waals surface area contributed by atoms with Gasteiger partial charge in [-0.15, -0.1) is 5.10 Å². The van der Waals surface area contributed by atoms with Crippen LogP contribution in [0.5, 0.6) is 0 Å². The van der Waals surface area contributed by atoms with Gasteiger partial charge in [-0.2, -0.15) is 5.10 Å². The molecule has 0 unspecified atom stereocenters. The molecule has 29 heavy (non-hydrogen) atoms. The number of benzene rings is 1. The number of aromatic nitrogens is 5. The van der Waals surface area contributed by atoms with E-state index in [0.29, 0.717) is 17.2 Å². The fraction of sp³-hybridized carbons (Fsp3) is 0.368. The number of anilines is 1. The van der Waals surface area contributed by atoms with Crippen LogP contribution in [0.1, 0.15) is 54.3 Å². The molecule has 0 spiro atoms. The lowest BCUT2D eigenvalue weighted by Crippen LogP contribution is -2.21. The lowest BCUT2D eigenvalue weighted by atomic mass is 9.96. The van der Waals surface area contributed by atoms with E-state index in [0.717, 1.165) is 25.7 Å². The number of nitro groups is 1. The normalized spacial score (nSPS) is 14.7. The molecule has 0 bridgehead atoms. The van der Waals surface area contributed by atoms with Crippen molar-refractivity contribution in [2.75, 3.05) is 5.32 Å². The van der Waals surface area contributed by atoms with Crippen molar-refractivity contribution in [3.05, 3.63) is 58.0 Å². The van der Waals surface area contributed by atoms with Gasteiger partial charge in [0.15, 0.2) is 5.69 Å². The van der Waals surface area contributed by atoms with Gasteiger partial charge in [0.25, 0.3) is 11.6 Å². The first-order valence-electron chi connectivity index (χ1n) is 9.56. The van der Waals surface area contributed by atoms with Crippen LogP contribution < -0.4 is 5.32 Å². The molecule has 1 aliphatic rings. The number of rotatable bonds is 5. The Balaban J connectivity index is 1.56. The second-order valence-corrected chi connectivity index (χ2v) is 7.12. The predicted molar refractivity (Wildman–Crippen MR) is 105 cm³/mol. The van der Waals surface area contributed by atoms with Crippen LogP contribution in [0.25, 0.3) is 5.69 Å². The van der Waals surface area contributed by atoms with Crippen LogP contribution in [-0.2, 0) is 0 Å². The van der Waals surface area contributed by atoms with Gasteiger partial charge in [-0.25, -0.2) is 9.36 Å². The number of non-ortho nitro benzene ring substituents is 1. The summed E-state index contributed by atoms with van der Waals surface area (Å²) in [5.74, 6) is 0.239. The third kappa shape index (κ3) is 3.73. The van der Waals surface area contributed by atoms with Crippen LogP contribution in [0.4, 0.5) is 11.5 Å². The molecule has 0 aliphatic heterocycles. The number of hydrogen-bond acceptors (Lipinski definition) is 6. The first kappa shape index (κ1) is 18.8. The largest absolute Gasteiger partial charge is 0.305 e. The molecule has 0 saturated heterocycles. The second-order valence-electron chi connectivity index (χ2n) is 7.12. The van der Waals surface area contributed by atoms with Gasteiger partial charge in [-0.05, 0) is 25.8 Å². The number of carbonyl (C=O) groups excluding carboxylic acids is 1. The minimum Gasteiger partial charge on any atom is -0.305 e. The summed E-state index contributed by atoms with van der Waals surface area (Å²) in [4.78, 5) is 23.3. The van der Waals surface area contributed by atoms with Gasteiger partial charge in [0.1, 0.15) is 5.82 Å². The maximum Gasteiger partial charge on any atom is 0.279 e. The van der Waals surface area contributed by atoms with E-state index in [1.54, 1.807) is 31.3 Å². The van der Waals surface area contributed by atoms with E-state index in [-0.39, 0.29) is 17.4 Å². The summed E-state index contributed by atoms with van der Waals surface area (Å²) in [6, 6.07) is 8.09. The Bertz CT molecular complexity index is 1050. The molecular weight excluding hydrogens is 374 g/mol. The topological polar surface area (TPSA) is 121 Å². The summed E-state index contributed by atoms with van der Waals surface area (Å²) in [7, 11) is 0. The fourth-order valence-electron chi connectivity index (χ4n) is 3.73. The second kappa shape index (κ2) is 7.82. The third-order valence-corrected chi connectivity index (χ3v) is 5.23. The van der Waals surface area contributed by atoms with Crippen molar-refractivity contribution in [3.63, 3.8) is 0 Å². The molecule has 3 aromatic rings. The summed E-state index contributed by atoms with van der Waals surface area (Å²) in [6.45, 7) is 1.70. The monoisotopic (exact) mass is 395 g/mol. The third-order valence-electron chi connectivity index (χ3n) is 5.23. The van der Waals surface area contributed by atoms with Crippen LogP contribution in [-0.4, -0.2) is 35.6 Å². The van der Waals surface area contributed by atoms with Gasteiger partial charge in [-0.3, -0.25) is 14.9 Å². The smallest absolute Gasteiger partial charge is 0.279 e. The van der Waals surface area contributed by atoms with Crippen molar-refractivity contribution in [3.8, 4) is 5.69 Å². The first-order chi connectivity index (χ1) is 14.0. The zero-order valence-electron chi connectivity index (χ0n) is 16.0. The Morgan fingerprint density at radius 1 is 1.24 bits per heavy atom. The van der Waals surface area contributed by atoms with Crippen LogP contribution in [0.2, 0.25) is 0 Å². The Labute approximate surface area is 166 Å². The molecule has 1 saturated carbocycles. The number of nitrogens with one attached hydrogen (secondary N) is 1. The molecule has 150 valence electrons. The molecule has 1 N–H and O–H groups in total. The number of nitro benzene ring substituents is 1. The molecular formula is C19H21N7O3. The molecule has 1 fully saturated rings. The van der Waals surface area contributed by atoms with E-state index in [4.69, 9.17) is 0 Å². The zero-order chi connectivity index (χ0) is 20.4. The van der Waals surface area contributed by atoms with E-state index in [2.05, 4.69) is 20.7 Å². The predicted octanol–water partition coefficient (Wildman–Crippen LogP) is 3.44. The van der Waals surface area contributed by atoms with E-state index in [9.17, 15) is 14.9 Å². The van der Waals surface area contributed by atoms with E-state index in [1.807, 2.05) is 4.68 Å². The van der Waals surface area contributed by atoms with Crippen molar-refractivity contribution in [2.24, 2.45) is 0 Å². The minimum absolute atomic E-state index is 0.0558. The van der Waals surface area contributed by atoms with Gasteiger partial charge in [0.05, 0.1) is 28.5 Å². The van der Waals surface area contributed by atoms with Crippen LogP contribution in [0.15, 0.2) is 36.5 Å². The number of carbonyl (C=O) groups is 1. The number of hydrogen-bond donors (Lipinski definition) is 1. The van der Waals surface area contributed by atoms with Gasteiger partial charge in [-0.1, -0.05) is 30.5 Å². The molecule has 10 heteroatoms.